The highest BCUT2D eigenvalue weighted by Gasteiger charge is 2.43. The summed E-state index contributed by atoms with van der Waals surface area (Å²) in [5.74, 6) is -0.190. The first-order valence-corrected chi connectivity index (χ1v) is 13.6. The molecule has 1 fully saturated rings. The van der Waals surface area contributed by atoms with Crippen LogP contribution in [0.2, 0.25) is 0 Å². The first-order chi connectivity index (χ1) is 17.5. The van der Waals surface area contributed by atoms with Crippen molar-refractivity contribution >= 4 is 23.2 Å². The number of carbonyl (C=O) groups excluding carboxylic acids is 2. The molecule has 0 radical (unpaired) electrons. The van der Waals surface area contributed by atoms with E-state index in [1.165, 1.54) is 9.75 Å². The summed E-state index contributed by atoms with van der Waals surface area (Å²) in [4.78, 5) is 32.2. The smallest absolute Gasteiger partial charge is 0.242 e. The lowest BCUT2D eigenvalue weighted by atomic mass is 9.73. The monoisotopic (exact) mass is 506 g/mol. The molecule has 9 heteroatoms. The maximum Gasteiger partial charge on any atom is 0.242 e. The van der Waals surface area contributed by atoms with Crippen LogP contribution in [0.4, 0.5) is 0 Å². The first-order valence-electron chi connectivity index (χ1n) is 12.8. The second-order valence-electron chi connectivity index (χ2n) is 10.1. The van der Waals surface area contributed by atoms with Crippen molar-refractivity contribution in [3.05, 3.63) is 69.7 Å². The van der Waals surface area contributed by atoms with Crippen LogP contribution >= 0.6 is 11.3 Å². The Hall–Kier alpha value is -3.04. The minimum absolute atomic E-state index is 0.0565. The Balaban J connectivity index is 1.37. The van der Waals surface area contributed by atoms with Gasteiger partial charge in [-0.25, -0.2) is 0 Å². The van der Waals surface area contributed by atoms with Crippen molar-refractivity contribution in [1.82, 2.24) is 30.5 Å². The Morgan fingerprint density at radius 1 is 1.08 bits per heavy atom. The van der Waals surface area contributed by atoms with Gasteiger partial charge in [-0.15, -0.1) is 16.4 Å². The molecule has 1 aromatic carbocycles. The van der Waals surface area contributed by atoms with Gasteiger partial charge in [0.25, 0.3) is 0 Å². The molecule has 1 spiro atoms. The zero-order valence-corrected chi connectivity index (χ0v) is 21.6. The van der Waals surface area contributed by atoms with Crippen molar-refractivity contribution in [2.75, 3.05) is 19.6 Å². The van der Waals surface area contributed by atoms with E-state index in [1.54, 1.807) is 0 Å². The predicted molar refractivity (Wildman–Crippen MR) is 139 cm³/mol. The van der Waals surface area contributed by atoms with E-state index in [0.29, 0.717) is 25.9 Å². The summed E-state index contributed by atoms with van der Waals surface area (Å²) in [7, 11) is 0. The molecule has 0 aliphatic carbocycles. The van der Waals surface area contributed by atoms with Crippen LogP contribution < -0.4 is 10.6 Å². The molecule has 5 rings (SSSR count). The Morgan fingerprint density at radius 3 is 2.64 bits per heavy atom. The Morgan fingerprint density at radius 2 is 1.89 bits per heavy atom. The van der Waals surface area contributed by atoms with Crippen LogP contribution in [-0.4, -0.2) is 57.4 Å². The van der Waals surface area contributed by atoms with Crippen LogP contribution in [-0.2, 0) is 35.5 Å². The van der Waals surface area contributed by atoms with Gasteiger partial charge in [-0.2, -0.15) is 0 Å². The van der Waals surface area contributed by atoms with Gasteiger partial charge in [0.15, 0.2) is 0 Å². The van der Waals surface area contributed by atoms with Crippen molar-refractivity contribution < 1.29 is 9.59 Å². The number of hydrogen-bond donors (Lipinski definition) is 2. The van der Waals surface area contributed by atoms with Gasteiger partial charge < -0.3 is 10.6 Å². The topological polar surface area (TPSA) is 92.2 Å². The van der Waals surface area contributed by atoms with Gasteiger partial charge in [0, 0.05) is 48.4 Å². The van der Waals surface area contributed by atoms with E-state index < -0.39 is 11.5 Å². The third-order valence-electron chi connectivity index (χ3n) is 7.34. The standard InChI is InChI=1S/C27H34N6O2S/c1-20-8-9-23(36-20)19-32-14-10-27(11-15-32)17-22-18-33(31-30-22)13-5-12-28-25(34)24(29-26(27)35)16-21-6-3-2-4-7-21/h2-4,6-9,18,24H,5,10-17,19H2,1H3,(H,28,34)(H,29,35)/t24-/m0/s1. The highest BCUT2D eigenvalue weighted by atomic mass is 32.1. The number of nitrogens with zero attached hydrogens (tertiary/aromatic N) is 4. The van der Waals surface area contributed by atoms with Gasteiger partial charge in [0.05, 0.1) is 11.1 Å². The van der Waals surface area contributed by atoms with Gasteiger partial charge in [0.1, 0.15) is 6.04 Å². The van der Waals surface area contributed by atoms with Crippen molar-refractivity contribution in [3.63, 3.8) is 0 Å². The summed E-state index contributed by atoms with van der Waals surface area (Å²) in [6, 6.07) is 13.6. The quantitative estimate of drug-likeness (QED) is 0.568. The first kappa shape index (κ1) is 24.6. The molecule has 2 aromatic heterocycles. The molecule has 2 N–H and O–H groups in total. The van der Waals surface area contributed by atoms with Crippen LogP contribution in [0.1, 0.15) is 40.3 Å². The lowest BCUT2D eigenvalue weighted by Crippen LogP contribution is -2.56. The molecule has 2 aliphatic rings. The van der Waals surface area contributed by atoms with Crippen molar-refractivity contribution in [2.24, 2.45) is 5.41 Å². The normalized spacial score (nSPS) is 21.2. The number of aromatic nitrogens is 3. The molecule has 2 aliphatic heterocycles. The number of rotatable bonds is 4. The van der Waals surface area contributed by atoms with Crippen LogP contribution in [0, 0.1) is 12.3 Å². The molecule has 36 heavy (non-hydrogen) atoms. The molecule has 3 aromatic rings. The van der Waals surface area contributed by atoms with E-state index in [4.69, 9.17) is 0 Å². The van der Waals surface area contributed by atoms with Crippen LogP contribution in [0.5, 0.6) is 0 Å². The number of aryl methyl sites for hydroxylation is 2. The molecule has 0 unspecified atom stereocenters. The molecular formula is C27H34N6O2S. The van der Waals surface area contributed by atoms with Crippen LogP contribution in [0.15, 0.2) is 48.7 Å². The number of hydrogen-bond acceptors (Lipinski definition) is 6. The number of amides is 2. The average Bonchev–Trinajstić information content (AvgIpc) is 3.50. The zero-order valence-electron chi connectivity index (χ0n) is 20.8. The third kappa shape index (κ3) is 5.84. The number of piperidine rings is 1. The Bertz CT molecular complexity index is 1180. The third-order valence-corrected chi connectivity index (χ3v) is 8.33. The molecule has 190 valence electrons. The molecule has 4 heterocycles. The highest BCUT2D eigenvalue weighted by molar-refractivity contribution is 7.11. The van der Waals surface area contributed by atoms with E-state index >= 15 is 0 Å². The summed E-state index contributed by atoms with van der Waals surface area (Å²) in [6.45, 7) is 5.90. The average molecular weight is 507 g/mol. The molecule has 1 atom stereocenters. The molecule has 8 nitrogen and oxygen atoms in total. The molecule has 2 amide bonds. The number of thiophene rings is 1. The van der Waals surface area contributed by atoms with Gasteiger partial charge in [0.2, 0.25) is 11.8 Å². The number of likely N-dealkylation sites (tertiary alicyclic amines) is 1. The molecule has 2 bridgehead atoms. The summed E-state index contributed by atoms with van der Waals surface area (Å²) in [5.41, 5.74) is 1.25. The van der Waals surface area contributed by atoms with Crippen LogP contribution in [0.3, 0.4) is 0 Å². The second-order valence-corrected chi connectivity index (χ2v) is 11.5. The van der Waals surface area contributed by atoms with Crippen molar-refractivity contribution in [3.8, 4) is 0 Å². The van der Waals surface area contributed by atoms with Gasteiger partial charge in [-0.3, -0.25) is 19.2 Å². The minimum Gasteiger partial charge on any atom is -0.354 e. The summed E-state index contributed by atoms with van der Waals surface area (Å²) < 4.78 is 1.82. The van der Waals surface area contributed by atoms with E-state index in [2.05, 4.69) is 44.9 Å². The maximum atomic E-state index is 14.0. The Kier molecular flexibility index (Phi) is 7.48. The fourth-order valence-electron chi connectivity index (χ4n) is 5.24. The Labute approximate surface area is 216 Å². The SMILES string of the molecule is Cc1ccc(CN2CCC3(CC2)Cc2cn(nn2)CCCNC(=O)[C@H](Cc2ccccc2)NC3=O)s1. The lowest BCUT2D eigenvalue weighted by molar-refractivity contribution is -0.137. The van der Waals surface area contributed by atoms with Crippen molar-refractivity contribution in [2.45, 2.75) is 58.2 Å². The zero-order chi connectivity index (χ0) is 25.0. The summed E-state index contributed by atoms with van der Waals surface area (Å²) in [5, 5.41) is 14.8. The number of carbonyl (C=O) groups is 2. The summed E-state index contributed by atoms with van der Waals surface area (Å²) >= 11 is 1.83. The minimum atomic E-state index is -0.619. The van der Waals surface area contributed by atoms with Gasteiger partial charge in [-0.1, -0.05) is 35.5 Å². The fourth-order valence-corrected chi connectivity index (χ4v) is 6.17. The highest BCUT2D eigenvalue weighted by Crippen LogP contribution is 2.36. The molecule has 1 saturated heterocycles. The lowest BCUT2D eigenvalue weighted by Gasteiger charge is -2.41. The largest absolute Gasteiger partial charge is 0.354 e. The van der Waals surface area contributed by atoms with Gasteiger partial charge >= 0.3 is 0 Å². The van der Waals surface area contributed by atoms with E-state index in [0.717, 1.165) is 50.2 Å². The van der Waals surface area contributed by atoms with E-state index in [1.807, 2.05) is 52.5 Å². The van der Waals surface area contributed by atoms with Crippen molar-refractivity contribution in [1.29, 1.82) is 0 Å². The molecule has 0 saturated carbocycles. The number of benzene rings is 1. The number of nitrogens with one attached hydrogen (secondary N) is 2. The van der Waals surface area contributed by atoms with E-state index in [-0.39, 0.29) is 11.8 Å². The van der Waals surface area contributed by atoms with Gasteiger partial charge in [-0.05, 0) is 57.0 Å². The fraction of sp³-hybridized carbons (Fsp3) is 0.481. The maximum absolute atomic E-state index is 14.0. The van der Waals surface area contributed by atoms with E-state index in [9.17, 15) is 9.59 Å². The molecular weight excluding hydrogens is 472 g/mol. The van der Waals surface area contributed by atoms with Crippen LogP contribution in [0.25, 0.3) is 0 Å². The summed E-state index contributed by atoms with van der Waals surface area (Å²) in [6.07, 6.45) is 5.14. The number of fused-ring (bicyclic) bond motifs is 2. The second kappa shape index (κ2) is 10.9. The predicted octanol–water partition coefficient (Wildman–Crippen LogP) is 2.72.